The molecule has 1 aliphatic heterocycles. The van der Waals surface area contributed by atoms with Crippen molar-refractivity contribution in [3.8, 4) is 0 Å². The number of aromatic nitrogens is 2. The topological polar surface area (TPSA) is 61.4 Å². The fourth-order valence-corrected chi connectivity index (χ4v) is 4.19. The molecule has 0 saturated carbocycles. The van der Waals surface area contributed by atoms with Crippen molar-refractivity contribution in [2.24, 2.45) is 0 Å². The largest absolute Gasteiger partial charge is 0.369 e. The van der Waals surface area contributed by atoms with Crippen LogP contribution in [0, 0.1) is 19.7 Å². The molecule has 3 aromatic rings. The fraction of sp³-hybridized carbons (Fsp3) is 0.400. The predicted molar refractivity (Wildman–Crippen MR) is 126 cm³/mol. The van der Waals surface area contributed by atoms with E-state index in [1.165, 1.54) is 12.1 Å². The highest BCUT2D eigenvalue weighted by Gasteiger charge is 2.22. The number of piperazine rings is 1. The van der Waals surface area contributed by atoms with E-state index in [0.717, 1.165) is 60.9 Å². The van der Waals surface area contributed by atoms with Crippen LogP contribution in [0.25, 0.3) is 11.0 Å². The third kappa shape index (κ3) is 4.58. The maximum atomic E-state index is 14.1. The number of nitrogens with one attached hydrogen (secondary N) is 1. The van der Waals surface area contributed by atoms with Crippen LogP contribution in [0.1, 0.15) is 47.2 Å². The Morgan fingerprint density at radius 3 is 2.41 bits per heavy atom. The zero-order valence-corrected chi connectivity index (χ0v) is 19.2. The summed E-state index contributed by atoms with van der Waals surface area (Å²) in [6.45, 7) is 12.6. The first-order valence-electron chi connectivity index (χ1n) is 11.2. The van der Waals surface area contributed by atoms with Gasteiger partial charge in [0.25, 0.3) is 5.91 Å². The van der Waals surface area contributed by atoms with Crippen LogP contribution < -0.4 is 10.2 Å². The summed E-state index contributed by atoms with van der Waals surface area (Å²) in [6.07, 6.45) is 0. The van der Waals surface area contributed by atoms with Gasteiger partial charge in [-0.15, -0.1) is 0 Å². The molecule has 6 nitrogen and oxygen atoms in total. The van der Waals surface area contributed by atoms with Crippen LogP contribution in [0.15, 0.2) is 36.4 Å². The molecule has 4 rings (SSSR count). The summed E-state index contributed by atoms with van der Waals surface area (Å²) in [6, 6.07) is 9.83. The molecule has 1 amide bonds. The Morgan fingerprint density at radius 2 is 1.72 bits per heavy atom. The summed E-state index contributed by atoms with van der Waals surface area (Å²) in [5.41, 5.74) is 5.44. The summed E-state index contributed by atoms with van der Waals surface area (Å²) >= 11 is 0. The number of benzene rings is 2. The number of hydrogen-bond donors (Lipinski definition) is 1. The molecule has 0 radical (unpaired) electrons. The number of rotatable bonds is 5. The van der Waals surface area contributed by atoms with Gasteiger partial charge < -0.3 is 15.1 Å². The molecule has 1 N–H and O–H groups in total. The van der Waals surface area contributed by atoms with E-state index in [-0.39, 0.29) is 17.8 Å². The highest BCUT2D eigenvalue weighted by atomic mass is 19.1. The number of amides is 1. The van der Waals surface area contributed by atoms with E-state index >= 15 is 0 Å². The summed E-state index contributed by atoms with van der Waals surface area (Å²) < 4.78 is 14.1. The van der Waals surface area contributed by atoms with Gasteiger partial charge in [0.2, 0.25) is 0 Å². The van der Waals surface area contributed by atoms with Gasteiger partial charge in [0, 0.05) is 43.0 Å². The average molecular weight is 436 g/mol. The molecular weight excluding hydrogens is 405 g/mol. The second kappa shape index (κ2) is 9.20. The molecule has 0 bridgehead atoms. The Hall–Kier alpha value is -3.06. The van der Waals surface area contributed by atoms with Crippen molar-refractivity contribution in [1.29, 1.82) is 0 Å². The number of nitrogens with zero attached hydrogens (tertiary/aromatic N) is 4. The predicted octanol–water partition coefficient (Wildman–Crippen LogP) is 4.02. The van der Waals surface area contributed by atoms with Gasteiger partial charge in [-0.05, 0) is 63.7 Å². The minimum Gasteiger partial charge on any atom is -0.369 e. The Kier molecular flexibility index (Phi) is 6.37. The molecule has 1 fully saturated rings. The van der Waals surface area contributed by atoms with E-state index in [4.69, 9.17) is 0 Å². The third-order valence-corrected chi connectivity index (χ3v) is 6.30. The molecule has 32 heavy (non-hydrogen) atoms. The second-order valence-corrected chi connectivity index (χ2v) is 8.42. The number of aryl methyl sites for hydroxylation is 2. The highest BCUT2D eigenvalue weighted by Crippen LogP contribution is 2.29. The molecule has 2 aromatic carbocycles. The third-order valence-electron chi connectivity index (χ3n) is 6.30. The first-order valence-corrected chi connectivity index (χ1v) is 11.2. The number of carbonyl (C=O) groups is 1. The number of likely N-dealkylation sites (N-methyl/N-ethyl adjacent to an activating group) is 1. The summed E-state index contributed by atoms with van der Waals surface area (Å²) in [5.74, 6) is -0.519. The van der Waals surface area contributed by atoms with E-state index in [0.29, 0.717) is 11.1 Å². The van der Waals surface area contributed by atoms with Crippen LogP contribution in [-0.2, 0) is 0 Å². The maximum absolute atomic E-state index is 14.1. The maximum Gasteiger partial charge on any atom is 0.251 e. The molecule has 7 heteroatoms. The lowest BCUT2D eigenvalue weighted by atomic mass is 10.0. The molecule has 1 aliphatic rings. The SMILES string of the molecule is CCN1CCN(c2ccc(F)cc2C(C)NC(=O)c2ccc3nc(C)c(C)nc3c2)CC1. The minimum absolute atomic E-state index is 0.217. The monoisotopic (exact) mass is 435 g/mol. The van der Waals surface area contributed by atoms with Gasteiger partial charge in [-0.2, -0.15) is 0 Å². The molecule has 0 spiro atoms. The van der Waals surface area contributed by atoms with Crippen LogP contribution >= 0.6 is 0 Å². The van der Waals surface area contributed by atoms with Crippen molar-refractivity contribution < 1.29 is 9.18 Å². The van der Waals surface area contributed by atoms with E-state index in [2.05, 4.69) is 32.0 Å². The Morgan fingerprint density at radius 1 is 1.03 bits per heavy atom. The van der Waals surface area contributed by atoms with Crippen molar-refractivity contribution in [3.63, 3.8) is 0 Å². The van der Waals surface area contributed by atoms with E-state index in [1.807, 2.05) is 32.9 Å². The standard InChI is InChI=1S/C25H30FN5O/c1-5-30-10-12-31(13-11-30)24-9-7-20(26)15-21(24)18(4)29-25(32)19-6-8-22-23(14-19)28-17(3)16(2)27-22/h6-9,14-15,18H,5,10-13H2,1-4H3,(H,29,32). The van der Waals surface area contributed by atoms with Crippen molar-refractivity contribution in [2.75, 3.05) is 37.6 Å². The normalized spacial score (nSPS) is 15.7. The molecule has 1 aromatic heterocycles. The molecule has 1 unspecified atom stereocenters. The second-order valence-electron chi connectivity index (χ2n) is 8.42. The number of hydrogen-bond acceptors (Lipinski definition) is 5. The van der Waals surface area contributed by atoms with Crippen molar-refractivity contribution >= 4 is 22.6 Å². The lowest BCUT2D eigenvalue weighted by Gasteiger charge is -2.37. The van der Waals surface area contributed by atoms with Gasteiger partial charge in [0.1, 0.15) is 5.82 Å². The van der Waals surface area contributed by atoms with E-state index in [1.54, 1.807) is 12.1 Å². The van der Waals surface area contributed by atoms with E-state index in [9.17, 15) is 9.18 Å². The van der Waals surface area contributed by atoms with Crippen molar-refractivity contribution in [2.45, 2.75) is 33.7 Å². The smallest absolute Gasteiger partial charge is 0.251 e. The average Bonchev–Trinajstić information content (AvgIpc) is 2.79. The Bertz CT molecular complexity index is 1140. The van der Waals surface area contributed by atoms with Crippen LogP contribution in [-0.4, -0.2) is 53.5 Å². The molecular formula is C25H30FN5O. The Balaban J connectivity index is 1.55. The van der Waals surface area contributed by atoms with Crippen molar-refractivity contribution in [3.05, 3.63) is 64.7 Å². The summed E-state index contributed by atoms with van der Waals surface area (Å²) in [5, 5.41) is 3.04. The quantitative estimate of drug-likeness (QED) is 0.656. The van der Waals surface area contributed by atoms with Crippen LogP contribution in [0.2, 0.25) is 0 Å². The lowest BCUT2D eigenvalue weighted by molar-refractivity contribution is 0.0940. The Labute approximate surface area is 188 Å². The van der Waals surface area contributed by atoms with Gasteiger partial charge >= 0.3 is 0 Å². The number of fused-ring (bicyclic) bond motifs is 1. The van der Waals surface area contributed by atoms with Gasteiger partial charge in [0.05, 0.1) is 28.5 Å². The van der Waals surface area contributed by atoms with Crippen molar-refractivity contribution in [1.82, 2.24) is 20.2 Å². The van der Waals surface area contributed by atoms with Crippen LogP contribution in [0.3, 0.4) is 0 Å². The van der Waals surface area contributed by atoms with Gasteiger partial charge in [0.15, 0.2) is 0 Å². The number of halogens is 1. The molecule has 1 saturated heterocycles. The zero-order chi connectivity index (χ0) is 22.8. The fourth-order valence-electron chi connectivity index (χ4n) is 4.19. The van der Waals surface area contributed by atoms with Crippen LogP contribution in [0.4, 0.5) is 10.1 Å². The lowest BCUT2D eigenvalue weighted by Crippen LogP contribution is -2.46. The number of carbonyl (C=O) groups excluding carboxylic acids is 1. The molecule has 168 valence electrons. The van der Waals surface area contributed by atoms with E-state index < -0.39 is 0 Å². The summed E-state index contributed by atoms with van der Waals surface area (Å²) in [7, 11) is 0. The number of anilines is 1. The molecule has 1 atom stereocenters. The first kappa shape index (κ1) is 22.1. The zero-order valence-electron chi connectivity index (χ0n) is 19.2. The molecule has 2 heterocycles. The highest BCUT2D eigenvalue weighted by molar-refractivity contribution is 5.97. The van der Waals surface area contributed by atoms with Crippen LogP contribution in [0.5, 0.6) is 0 Å². The molecule has 0 aliphatic carbocycles. The van der Waals surface area contributed by atoms with Gasteiger partial charge in [-0.1, -0.05) is 6.92 Å². The minimum atomic E-state index is -0.348. The first-order chi connectivity index (χ1) is 15.4. The van der Waals surface area contributed by atoms with Gasteiger partial charge in [-0.3, -0.25) is 4.79 Å². The van der Waals surface area contributed by atoms with Gasteiger partial charge in [-0.25, -0.2) is 14.4 Å². The summed E-state index contributed by atoms with van der Waals surface area (Å²) in [4.78, 5) is 26.8.